The maximum atomic E-state index is 14.3. The van der Waals surface area contributed by atoms with E-state index in [1.807, 2.05) is 0 Å². The zero-order valence-electron chi connectivity index (χ0n) is 16.1. The topological polar surface area (TPSA) is 111 Å². The van der Waals surface area contributed by atoms with Gasteiger partial charge in [-0.3, -0.25) is 9.59 Å². The Morgan fingerprint density at radius 2 is 1.97 bits per heavy atom. The van der Waals surface area contributed by atoms with Crippen LogP contribution in [-0.4, -0.2) is 39.9 Å². The summed E-state index contributed by atoms with van der Waals surface area (Å²) in [5.74, 6) is -4.12. The molecule has 1 heterocycles. The predicted octanol–water partition coefficient (Wildman–Crippen LogP) is 2.62. The van der Waals surface area contributed by atoms with Crippen molar-refractivity contribution in [2.75, 3.05) is 0 Å². The third-order valence-corrected chi connectivity index (χ3v) is 4.78. The van der Waals surface area contributed by atoms with Crippen molar-refractivity contribution in [1.29, 1.82) is 0 Å². The minimum atomic E-state index is -3.16. The largest absolute Gasteiger partial charge is 0.418 e. The van der Waals surface area contributed by atoms with Crippen LogP contribution in [0.4, 0.5) is 8.78 Å². The van der Waals surface area contributed by atoms with E-state index in [9.17, 15) is 18.4 Å². The first kappa shape index (κ1) is 21.0. The molecule has 3 rings (SSSR count). The van der Waals surface area contributed by atoms with Crippen LogP contribution in [-0.2, 0) is 11.2 Å². The van der Waals surface area contributed by atoms with E-state index in [0.717, 1.165) is 12.8 Å². The van der Waals surface area contributed by atoms with Gasteiger partial charge in [-0.05, 0) is 24.8 Å². The van der Waals surface area contributed by atoms with Gasteiger partial charge in [0.2, 0.25) is 17.6 Å². The third kappa shape index (κ3) is 5.66. The minimum Gasteiger partial charge on any atom is -0.418 e. The second-order valence-corrected chi connectivity index (χ2v) is 7.38. The lowest BCUT2D eigenvalue weighted by molar-refractivity contribution is -0.125. The van der Waals surface area contributed by atoms with E-state index in [4.69, 9.17) is 10.2 Å². The van der Waals surface area contributed by atoms with E-state index in [0.29, 0.717) is 11.5 Å². The first-order chi connectivity index (χ1) is 13.8. The second kappa shape index (κ2) is 8.77. The van der Waals surface area contributed by atoms with Crippen LogP contribution in [0.15, 0.2) is 34.7 Å². The number of benzene rings is 1. The number of hydrogen-bond donors (Lipinski definition) is 2. The molecule has 156 valence electrons. The van der Waals surface area contributed by atoms with Gasteiger partial charge < -0.3 is 15.5 Å². The van der Waals surface area contributed by atoms with Crippen LogP contribution in [0.25, 0.3) is 0 Å². The van der Waals surface area contributed by atoms with Crippen LogP contribution in [0.3, 0.4) is 0 Å². The molecule has 1 aromatic heterocycles. The Bertz CT molecular complexity index is 852. The number of carbonyl (C=O) groups excluding carboxylic acids is 2. The first-order valence-corrected chi connectivity index (χ1v) is 9.64. The number of rotatable bonds is 10. The summed E-state index contributed by atoms with van der Waals surface area (Å²) in [6, 6.07) is 5.82. The molecule has 0 radical (unpaired) electrons. The van der Waals surface area contributed by atoms with Crippen molar-refractivity contribution in [2.45, 2.75) is 63.0 Å². The van der Waals surface area contributed by atoms with Crippen molar-refractivity contribution in [2.24, 2.45) is 5.73 Å². The Labute approximate surface area is 167 Å². The fourth-order valence-electron chi connectivity index (χ4n) is 2.99. The van der Waals surface area contributed by atoms with Gasteiger partial charge in [-0.15, -0.1) is 10.2 Å². The van der Waals surface area contributed by atoms with Crippen LogP contribution in [0, 0.1) is 0 Å². The van der Waals surface area contributed by atoms with Crippen molar-refractivity contribution in [1.82, 2.24) is 15.5 Å². The van der Waals surface area contributed by atoms with E-state index < -0.39 is 42.5 Å². The zero-order valence-corrected chi connectivity index (χ0v) is 16.1. The van der Waals surface area contributed by atoms with Crippen molar-refractivity contribution >= 4 is 11.7 Å². The molecular weight excluding hydrogens is 382 g/mol. The molecule has 1 amide bonds. The quantitative estimate of drug-likeness (QED) is 0.587. The molecule has 0 aliphatic heterocycles. The predicted molar refractivity (Wildman–Crippen MR) is 101 cm³/mol. The average molecular weight is 406 g/mol. The number of ketones is 1. The van der Waals surface area contributed by atoms with Gasteiger partial charge >= 0.3 is 0 Å². The lowest BCUT2D eigenvalue weighted by Crippen LogP contribution is -2.50. The molecular formula is C20H24F2N4O3. The highest BCUT2D eigenvalue weighted by molar-refractivity contribution is 5.98. The number of hydrogen-bond acceptors (Lipinski definition) is 6. The third-order valence-electron chi connectivity index (χ3n) is 4.78. The number of amides is 1. The molecule has 3 N–H and O–H groups in total. The molecule has 2 aromatic rings. The summed E-state index contributed by atoms with van der Waals surface area (Å²) in [6.07, 6.45) is 0.770. The summed E-state index contributed by atoms with van der Waals surface area (Å²) in [5, 5.41) is 10.0. The summed E-state index contributed by atoms with van der Waals surface area (Å²) in [4.78, 5) is 24.8. The molecule has 1 aliphatic rings. The summed E-state index contributed by atoms with van der Waals surface area (Å²) < 4.78 is 33.9. The van der Waals surface area contributed by atoms with Gasteiger partial charge in [0, 0.05) is 18.8 Å². The van der Waals surface area contributed by atoms with E-state index >= 15 is 0 Å². The standard InChI is InChI=1S/C20H24F2N4O3/c1-2-15(16(27)19-26-25-18(29-19)13-8-9-13)24-17(28)14(23)11-20(21,22)10-12-6-4-3-5-7-12/h3-7,13-15H,2,8-11,23H2,1H3,(H,24,28). The van der Waals surface area contributed by atoms with E-state index in [1.54, 1.807) is 37.3 Å². The van der Waals surface area contributed by atoms with Crippen LogP contribution >= 0.6 is 0 Å². The molecule has 7 nitrogen and oxygen atoms in total. The zero-order chi connectivity index (χ0) is 21.0. The fraction of sp³-hybridized carbons (Fsp3) is 0.500. The van der Waals surface area contributed by atoms with Gasteiger partial charge in [0.05, 0.1) is 12.1 Å². The van der Waals surface area contributed by atoms with Crippen LogP contribution in [0.2, 0.25) is 0 Å². The number of carbonyl (C=O) groups is 2. The van der Waals surface area contributed by atoms with Crippen LogP contribution < -0.4 is 11.1 Å². The van der Waals surface area contributed by atoms with Gasteiger partial charge in [0.15, 0.2) is 0 Å². The van der Waals surface area contributed by atoms with Crippen molar-refractivity contribution in [3.05, 3.63) is 47.7 Å². The number of aromatic nitrogens is 2. The first-order valence-electron chi connectivity index (χ1n) is 9.64. The molecule has 0 bridgehead atoms. The van der Waals surface area contributed by atoms with E-state index in [2.05, 4.69) is 15.5 Å². The monoisotopic (exact) mass is 406 g/mol. The Morgan fingerprint density at radius 3 is 2.59 bits per heavy atom. The summed E-state index contributed by atoms with van der Waals surface area (Å²) in [7, 11) is 0. The molecule has 0 spiro atoms. The Balaban J connectivity index is 1.56. The molecule has 0 saturated heterocycles. The van der Waals surface area contributed by atoms with Crippen molar-refractivity contribution < 1.29 is 22.8 Å². The van der Waals surface area contributed by atoms with Crippen molar-refractivity contribution in [3.63, 3.8) is 0 Å². The minimum absolute atomic E-state index is 0.193. The molecule has 2 atom stereocenters. The molecule has 1 aliphatic carbocycles. The van der Waals surface area contributed by atoms with Crippen LogP contribution in [0.5, 0.6) is 0 Å². The summed E-state index contributed by atoms with van der Waals surface area (Å²) in [6.45, 7) is 1.68. The number of alkyl halides is 2. The van der Waals surface area contributed by atoms with Gasteiger partial charge in [0.25, 0.3) is 11.8 Å². The summed E-state index contributed by atoms with van der Waals surface area (Å²) in [5.41, 5.74) is 6.15. The summed E-state index contributed by atoms with van der Waals surface area (Å²) >= 11 is 0. The normalized spacial score (nSPS) is 16.3. The number of nitrogens with one attached hydrogen (secondary N) is 1. The second-order valence-electron chi connectivity index (χ2n) is 7.38. The maximum Gasteiger partial charge on any atom is 0.286 e. The molecule has 1 fully saturated rings. The van der Waals surface area contributed by atoms with E-state index in [1.165, 1.54) is 0 Å². The number of nitrogens with zero attached hydrogens (tertiary/aromatic N) is 2. The lowest BCUT2D eigenvalue weighted by atomic mass is 10.00. The molecule has 9 heteroatoms. The molecule has 2 unspecified atom stereocenters. The Morgan fingerprint density at radius 1 is 1.28 bits per heavy atom. The maximum absolute atomic E-state index is 14.3. The highest BCUT2D eigenvalue weighted by Crippen LogP contribution is 2.39. The van der Waals surface area contributed by atoms with Gasteiger partial charge in [-0.1, -0.05) is 37.3 Å². The smallest absolute Gasteiger partial charge is 0.286 e. The SMILES string of the molecule is CCC(NC(=O)C(N)CC(F)(F)Cc1ccccc1)C(=O)c1nnc(C2CC2)o1. The molecule has 29 heavy (non-hydrogen) atoms. The Hall–Kier alpha value is -2.68. The number of halogens is 2. The fourth-order valence-corrected chi connectivity index (χ4v) is 2.99. The highest BCUT2D eigenvalue weighted by atomic mass is 19.3. The Kier molecular flexibility index (Phi) is 6.36. The van der Waals surface area contributed by atoms with Crippen molar-refractivity contribution in [3.8, 4) is 0 Å². The van der Waals surface area contributed by atoms with Gasteiger partial charge in [-0.2, -0.15) is 0 Å². The molecule has 1 saturated carbocycles. The lowest BCUT2D eigenvalue weighted by Gasteiger charge is -2.22. The highest BCUT2D eigenvalue weighted by Gasteiger charge is 2.36. The van der Waals surface area contributed by atoms with Gasteiger partial charge in [0.1, 0.15) is 0 Å². The van der Waals surface area contributed by atoms with Gasteiger partial charge in [-0.25, -0.2) is 8.78 Å². The van der Waals surface area contributed by atoms with E-state index in [-0.39, 0.29) is 18.2 Å². The van der Waals surface area contributed by atoms with Crippen LogP contribution in [0.1, 0.15) is 60.7 Å². The molecule has 1 aromatic carbocycles. The number of Topliss-reactive ketones (excluding diaryl/α,β-unsaturated/α-hetero) is 1. The number of nitrogens with two attached hydrogens (primary N) is 1. The average Bonchev–Trinajstić information content (AvgIpc) is 3.42.